The van der Waals surface area contributed by atoms with E-state index in [0.717, 1.165) is 0 Å². The zero-order chi connectivity index (χ0) is 18.4. The van der Waals surface area contributed by atoms with Crippen molar-refractivity contribution in [2.75, 3.05) is 11.9 Å². The Bertz CT molecular complexity index is 581. The molecule has 0 bridgehead atoms. The van der Waals surface area contributed by atoms with Gasteiger partial charge in [-0.1, -0.05) is 18.2 Å². The van der Waals surface area contributed by atoms with Gasteiger partial charge in [0.15, 0.2) is 0 Å². The Hall–Kier alpha value is -2.16. The Morgan fingerprint density at radius 1 is 1.12 bits per heavy atom. The van der Waals surface area contributed by atoms with Crippen LogP contribution in [-0.2, 0) is 9.53 Å². The first-order valence-electron chi connectivity index (χ1n) is 8.27. The average Bonchev–Trinajstić information content (AvgIpc) is 2.81. The second-order valence-electron chi connectivity index (χ2n) is 6.32. The number of amides is 3. The summed E-state index contributed by atoms with van der Waals surface area (Å²) in [7, 11) is 0. The van der Waals surface area contributed by atoms with Crippen LogP contribution in [-0.4, -0.2) is 59.2 Å². The molecule has 5 N–H and O–H groups in total. The van der Waals surface area contributed by atoms with Gasteiger partial charge >= 0.3 is 6.03 Å². The molecule has 1 aromatic rings. The number of anilines is 1. The molecule has 25 heavy (non-hydrogen) atoms. The molecule has 8 nitrogen and oxygen atoms in total. The Morgan fingerprint density at radius 3 is 2.40 bits per heavy atom. The summed E-state index contributed by atoms with van der Waals surface area (Å²) >= 11 is 0. The second-order valence-corrected chi connectivity index (χ2v) is 6.32. The predicted molar refractivity (Wildman–Crippen MR) is 92.0 cm³/mol. The molecular formula is C17H25N3O5. The molecule has 0 aliphatic carbocycles. The monoisotopic (exact) mass is 351 g/mol. The van der Waals surface area contributed by atoms with Crippen LogP contribution in [0, 0.1) is 0 Å². The van der Waals surface area contributed by atoms with E-state index in [4.69, 9.17) is 4.74 Å². The molecule has 2 rings (SSSR count). The van der Waals surface area contributed by atoms with E-state index in [1.165, 1.54) is 0 Å². The van der Waals surface area contributed by atoms with Crippen molar-refractivity contribution in [3.05, 3.63) is 30.3 Å². The predicted octanol–water partition coefficient (Wildman–Crippen LogP) is 0.212. The van der Waals surface area contributed by atoms with Gasteiger partial charge < -0.3 is 30.9 Å². The van der Waals surface area contributed by atoms with Gasteiger partial charge in [-0.25, -0.2) is 4.79 Å². The molecule has 3 amide bonds. The van der Waals surface area contributed by atoms with Crippen molar-refractivity contribution in [2.24, 2.45) is 0 Å². The first-order valence-corrected chi connectivity index (χ1v) is 8.27. The fraction of sp³-hybridized carbons (Fsp3) is 0.529. The molecule has 1 aliphatic rings. The largest absolute Gasteiger partial charge is 0.388 e. The molecule has 8 heteroatoms. The van der Waals surface area contributed by atoms with Crippen LogP contribution >= 0.6 is 0 Å². The lowest BCUT2D eigenvalue weighted by Gasteiger charge is -2.16. The van der Waals surface area contributed by atoms with Crippen LogP contribution < -0.4 is 16.0 Å². The van der Waals surface area contributed by atoms with E-state index in [9.17, 15) is 19.8 Å². The van der Waals surface area contributed by atoms with Gasteiger partial charge in [-0.05, 0) is 26.0 Å². The Balaban J connectivity index is 1.82. The Morgan fingerprint density at radius 2 is 1.76 bits per heavy atom. The maximum Gasteiger partial charge on any atom is 0.315 e. The maximum atomic E-state index is 12.1. The van der Waals surface area contributed by atoms with Crippen molar-refractivity contribution in [3.63, 3.8) is 0 Å². The van der Waals surface area contributed by atoms with Crippen molar-refractivity contribution in [1.82, 2.24) is 10.6 Å². The van der Waals surface area contributed by atoms with Crippen LogP contribution in [0.15, 0.2) is 30.3 Å². The van der Waals surface area contributed by atoms with Gasteiger partial charge in [-0.3, -0.25) is 4.79 Å². The minimum Gasteiger partial charge on any atom is -0.388 e. The van der Waals surface area contributed by atoms with Gasteiger partial charge in [0.05, 0.1) is 12.5 Å². The summed E-state index contributed by atoms with van der Waals surface area (Å²) in [6, 6.07) is 8.52. The molecule has 0 saturated carbocycles. The van der Waals surface area contributed by atoms with Crippen molar-refractivity contribution in [1.29, 1.82) is 0 Å². The first kappa shape index (κ1) is 19.2. The topological polar surface area (TPSA) is 120 Å². The van der Waals surface area contributed by atoms with Gasteiger partial charge in [-0.2, -0.15) is 0 Å². The van der Waals surface area contributed by atoms with Crippen molar-refractivity contribution < 1.29 is 24.5 Å². The molecule has 0 unspecified atom stereocenters. The number of para-hydroxylation sites is 1. The molecule has 0 radical (unpaired) electrons. The van der Waals surface area contributed by atoms with Crippen LogP contribution in [0.3, 0.4) is 0 Å². The zero-order valence-corrected chi connectivity index (χ0v) is 14.3. The number of carbonyl (C=O) groups excluding carboxylic acids is 2. The highest BCUT2D eigenvalue weighted by Gasteiger charge is 2.43. The highest BCUT2D eigenvalue weighted by Crippen LogP contribution is 2.23. The zero-order valence-electron chi connectivity index (χ0n) is 14.3. The molecule has 1 fully saturated rings. The van der Waals surface area contributed by atoms with E-state index in [1.807, 2.05) is 19.9 Å². The lowest BCUT2D eigenvalue weighted by molar-refractivity contribution is -0.120. The number of benzene rings is 1. The minimum atomic E-state index is -1.19. The van der Waals surface area contributed by atoms with Gasteiger partial charge in [-0.15, -0.1) is 0 Å². The van der Waals surface area contributed by atoms with E-state index >= 15 is 0 Å². The van der Waals surface area contributed by atoms with Crippen LogP contribution in [0.1, 0.15) is 20.3 Å². The minimum absolute atomic E-state index is 0.0190. The maximum absolute atomic E-state index is 12.1. The van der Waals surface area contributed by atoms with Gasteiger partial charge in [0.2, 0.25) is 5.91 Å². The summed E-state index contributed by atoms with van der Waals surface area (Å²) in [6.45, 7) is 3.69. The summed E-state index contributed by atoms with van der Waals surface area (Å²) < 4.78 is 5.55. The first-order chi connectivity index (χ1) is 11.9. The van der Waals surface area contributed by atoms with Crippen molar-refractivity contribution in [2.45, 2.75) is 50.7 Å². The lowest BCUT2D eigenvalue weighted by Crippen LogP contribution is -2.45. The molecule has 1 aliphatic heterocycles. The smallest absolute Gasteiger partial charge is 0.315 e. The van der Waals surface area contributed by atoms with Crippen LogP contribution in [0.4, 0.5) is 10.5 Å². The Labute approximate surface area is 146 Å². The molecule has 1 saturated heterocycles. The van der Waals surface area contributed by atoms with E-state index in [2.05, 4.69) is 16.0 Å². The number of aliphatic hydroxyl groups is 2. The third-order valence-corrected chi connectivity index (χ3v) is 3.79. The third kappa shape index (κ3) is 5.70. The number of hydrogen-bond donors (Lipinski definition) is 5. The number of carbonyl (C=O) groups is 2. The van der Waals surface area contributed by atoms with Crippen molar-refractivity contribution >= 4 is 17.6 Å². The summed E-state index contributed by atoms with van der Waals surface area (Å²) in [5, 5.41) is 28.0. The highest BCUT2D eigenvalue weighted by molar-refractivity contribution is 5.91. The number of aliphatic hydroxyl groups excluding tert-OH is 2. The molecule has 4 atom stereocenters. The quantitative estimate of drug-likeness (QED) is 0.502. The number of rotatable bonds is 6. The molecular weight excluding hydrogens is 326 g/mol. The van der Waals surface area contributed by atoms with Crippen LogP contribution in [0.2, 0.25) is 0 Å². The Kier molecular flexibility index (Phi) is 6.74. The number of urea groups is 1. The van der Waals surface area contributed by atoms with Crippen molar-refractivity contribution in [3.8, 4) is 0 Å². The second kappa shape index (κ2) is 8.80. The molecule has 0 aromatic heterocycles. The summed E-state index contributed by atoms with van der Waals surface area (Å²) in [5.41, 5.74) is 0.643. The van der Waals surface area contributed by atoms with E-state index in [0.29, 0.717) is 5.69 Å². The number of nitrogens with one attached hydrogen (secondary N) is 3. The van der Waals surface area contributed by atoms with Crippen LogP contribution in [0.25, 0.3) is 0 Å². The third-order valence-electron chi connectivity index (χ3n) is 3.79. The van der Waals surface area contributed by atoms with E-state index in [-0.39, 0.29) is 30.9 Å². The van der Waals surface area contributed by atoms with Gasteiger partial charge in [0, 0.05) is 18.3 Å². The van der Waals surface area contributed by atoms with E-state index in [1.54, 1.807) is 24.3 Å². The van der Waals surface area contributed by atoms with Gasteiger partial charge in [0.25, 0.3) is 0 Å². The molecule has 138 valence electrons. The lowest BCUT2D eigenvalue weighted by atomic mass is 10.1. The number of hydrogen-bond acceptors (Lipinski definition) is 5. The summed E-state index contributed by atoms with van der Waals surface area (Å²) in [6.07, 6.45) is -4.07. The summed E-state index contributed by atoms with van der Waals surface area (Å²) in [4.78, 5) is 23.6. The normalized spacial score (nSPS) is 25.6. The SMILES string of the molecule is CC(C)NC(=O)NC[C@@H]1O[C@@H](CC(=O)Nc2ccccc2)[C@H](O)[C@@H]1O. The fourth-order valence-corrected chi connectivity index (χ4v) is 2.59. The molecule has 1 aromatic carbocycles. The highest BCUT2D eigenvalue weighted by atomic mass is 16.5. The molecule has 0 spiro atoms. The number of ether oxygens (including phenoxy) is 1. The van der Waals surface area contributed by atoms with Gasteiger partial charge in [0.1, 0.15) is 18.3 Å². The fourth-order valence-electron chi connectivity index (χ4n) is 2.59. The average molecular weight is 351 g/mol. The van der Waals surface area contributed by atoms with E-state index < -0.39 is 24.4 Å². The van der Waals surface area contributed by atoms with Crippen LogP contribution in [0.5, 0.6) is 0 Å². The summed E-state index contributed by atoms with van der Waals surface area (Å²) in [5.74, 6) is -0.325. The standard InChI is InChI=1S/C17H25N3O5/c1-10(2)19-17(24)18-9-13-16(23)15(22)12(25-13)8-14(21)20-11-6-4-3-5-7-11/h3-7,10,12-13,15-16,22-23H,8-9H2,1-2H3,(H,20,21)(H2,18,19,24)/t12-,13-,15-,16+/m0/s1. The molecule has 1 heterocycles.